The lowest BCUT2D eigenvalue weighted by atomic mass is 10.0. The van der Waals surface area contributed by atoms with Gasteiger partial charge in [0.15, 0.2) is 0 Å². The molecule has 3 N–H and O–H groups in total. The van der Waals surface area contributed by atoms with Gasteiger partial charge in [0, 0.05) is 12.1 Å². The number of carbonyl (C=O) groups excluding carboxylic acids is 1. The predicted octanol–water partition coefficient (Wildman–Crippen LogP) is 1.94. The second-order valence-electron chi connectivity index (χ2n) is 6.26. The molecule has 1 saturated heterocycles. The van der Waals surface area contributed by atoms with Crippen molar-refractivity contribution in [1.29, 1.82) is 0 Å². The molecule has 7 heteroatoms. The molecule has 4 rings (SSSR count). The summed E-state index contributed by atoms with van der Waals surface area (Å²) in [5.41, 5.74) is 1.87. The Morgan fingerprint density at radius 2 is 1.96 bits per heavy atom. The molecule has 0 radical (unpaired) electrons. The predicted molar refractivity (Wildman–Crippen MR) is 89.7 cm³/mol. The number of imidazole rings is 1. The summed E-state index contributed by atoms with van der Waals surface area (Å²) in [6.45, 7) is 0.182. The summed E-state index contributed by atoms with van der Waals surface area (Å²) in [5, 5.41) is 10.0. The highest BCUT2D eigenvalue weighted by atomic mass is 19.1. The molecule has 0 bridgehead atoms. The fourth-order valence-electron chi connectivity index (χ4n) is 3.40. The van der Waals surface area contributed by atoms with Gasteiger partial charge in [0.05, 0.1) is 23.2 Å². The molecule has 0 spiro atoms. The number of aliphatic hydroxyl groups excluding tert-OH is 1. The quantitative estimate of drug-likeness (QED) is 0.665. The normalized spacial score (nSPS) is 20.3. The van der Waals surface area contributed by atoms with Gasteiger partial charge >= 0.3 is 5.69 Å². The van der Waals surface area contributed by atoms with Crippen molar-refractivity contribution in [3.63, 3.8) is 0 Å². The molecule has 1 amide bonds. The third-order valence-electron chi connectivity index (χ3n) is 4.54. The first-order valence-corrected chi connectivity index (χ1v) is 7.98. The van der Waals surface area contributed by atoms with Crippen LogP contribution in [-0.4, -0.2) is 38.5 Å². The summed E-state index contributed by atoms with van der Waals surface area (Å²) < 4.78 is 13.5. The van der Waals surface area contributed by atoms with Crippen LogP contribution in [0.15, 0.2) is 47.3 Å². The first-order valence-electron chi connectivity index (χ1n) is 7.98. The van der Waals surface area contributed by atoms with Crippen molar-refractivity contribution in [2.45, 2.75) is 18.6 Å². The number of aromatic nitrogens is 2. The summed E-state index contributed by atoms with van der Waals surface area (Å²) in [6.07, 6.45) is -0.300. The summed E-state index contributed by atoms with van der Waals surface area (Å²) >= 11 is 0. The number of β-amino-alcohol motifs (C(OH)–C–C–N with tert-alkyl or cyclic N) is 1. The van der Waals surface area contributed by atoms with E-state index in [1.54, 1.807) is 35.2 Å². The van der Waals surface area contributed by atoms with Crippen molar-refractivity contribution in [1.82, 2.24) is 14.9 Å². The Bertz CT molecular complexity index is 1010. The van der Waals surface area contributed by atoms with Gasteiger partial charge in [0.25, 0.3) is 5.91 Å². The zero-order chi connectivity index (χ0) is 17.6. The van der Waals surface area contributed by atoms with Crippen LogP contribution in [-0.2, 0) is 0 Å². The number of aliphatic hydroxyl groups is 1. The molecule has 1 fully saturated rings. The van der Waals surface area contributed by atoms with Gasteiger partial charge in [-0.1, -0.05) is 12.1 Å². The molecule has 2 aromatic carbocycles. The minimum atomic E-state index is -0.659. The maximum atomic E-state index is 13.5. The Labute approximate surface area is 141 Å². The maximum Gasteiger partial charge on any atom is 0.323 e. The van der Waals surface area contributed by atoms with Gasteiger partial charge in [-0.2, -0.15) is 0 Å². The van der Waals surface area contributed by atoms with Gasteiger partial charge in [-0.15, -0.1) is 0 Å². The number of likely N-dealkylation sites (tertiary alicyclic amines) is 1. The molecule has 3 aromatic rings. The Morgan fingerprint density at radius 1 is 1.16 bits per heavy atom. The van der Waals surface area contributed by atoms with Crippen molar-refractivity contribution in [3.8, 4) is 0 Å². The number of hydrogen-bond acceptors (Lipinski definition) is 3. The summed E-state index contributed by atoms with van der Waals surface area (Å²) in [5.74, 6) is -0.646. The zero-order valence-electron chi connectivity index (χ0n) is 13.2. The van der Waals surface area contributed by atoms with Crippen LogP contribution in [0.3, 0.4) is 0 Å². The lowest BCUT2D eigenvalue weighted by molar-refractivity contribution is 0.0715. The Morgan fingerprint density at radius 3 is 2.76 bits per heavy atom. The minimum Gasteiger partial charge on any atom is -0.391 e. The van der Waals surface area contributed by atoms with Gasteiger partial charge in [0.2, 0.25) is 0 Å². The van der Waals surface area contributed by atoms with Crippen LogP contribution in [0.5, 0.6) is 0 Å². The molecule has 2 atom stereocenters. The molecular weight excluding hydrogens is 325 g/mol. The highest BCUT2D eigenvalue weighted by Gasteiger charge is 2.35. The largest absolute Gasteiger partial charge is 0.391 e. The van der Waals surface area contributed by atoms with E-state index in [2.05, 4.69) is 9.97 Å². The summed E-state index contributed by atoms with van der Waals surface area (Å²) in [6, 6.07) is 10.6. The van der Waals surface area contributed by atoms with Crippen molar-refractivity contribution in [2.75, 3.05) is 6.54 Å². The number of H-pyrrole nitrogens is 2. The van der Waals surface area contributed by atoms with E-state index in [1.165, 1.54) is 12.1 Å². The van der Waals surface area contributed by atoms with Crippen LogP contribution in [0.1, 0.15) is 28.4 Å². The SMILES string of the molecule is O=C(c1ccc2[nH]c(=O)[nH]c2c1)N1CC(O)CC1c1cccc(F)c1. The van der Waals surface area contributed by atoms with Crippen LogP contribution in [0.2, 0.25) is 0 Å². The average molecular weight is 341 g/mol. The van der Waals surface area contributed by atoms with Crippen molar-refractivity contribution < 1.29 is 14.3 Å². The van der Waals surface area contributed by atoms with Crippen LogP contribution < -0.4 is 5.69 Å². The van der Waals surface area contributed by atoms with Crippen LogP contribution >= 0.6 is 0 Å². The second kappa shape index (κ2) is 5.86. The average Bonchev–Trinajstić information content (AvgIpc) is 3.15. The smallest absolute Gasteiger partial charge is 0.323 e. The lowest BCUT2D eigenvalue weighted by Gasteiger charge is -2.25. The molecule has 25 heavy (non-hydrogen) atoms. The Balaban J connectivity index is 1.69. The second-order valence-corrected chi connectivity index (χ2v) is 6.26. The molecule has 0 aliphatic carbocycles. The van der Waals surface area contributed by atoms with Crippen LogP contribution in [0, 0.1) is 5.82 Å². The number of amides is 1. The Hall–Kier alpha value is -2.93. The number of halogens is 1. The number of rotatable bonds is 2. The van der Waals surface area contributed by atoms with E-state index in [9.17, 15) is 19.1 Å². The van der Waals surface area contributed by atoms with Gasteiger partial charge < -0.3 is 20.0 Å². The monoisotopic (exact) mass is 341 g/mol. The van der Waals surface area contributed by atoms with Gasteiger partial charge in [0.1, 0.15) is 5.82 Å². The van der Waals surface area contributed by atoms with Crippen LogP contribution in [0.25, 0.3) is 11.0 Å². The third kappa shape index (κ3) is 2.83. The highest BCUT2D eigenvalue weighted by molar-refractivity contribution is 5.97. The molecule has 2 heterocycles. The topological polar surface area (TPSA) is 89.2 Å². The van der Waals surface area contributed by atoms with Crippen molar-refractivity contribution >= 4 is 16.9 Å². The summed E-state index contributed by atoms with van der Waals surface area (Å²) in [7, 11) is 0. The number of carbonyl (C=O) groups is 1. The third-order valence-corrected chi connectivity index (χ3v) is 4.54. The standard InChI is InChI=1S/C18H16FN3O3/c19-12-3-1-2-10(6-12)16-8-13(23)9-22(16)17(24)11-4-5-14-15(7-11)21-18(25)20-14/h1-7,13,16,23H,8-9H2,(H2,20,21,25). The van der Waals surface area contributed by atoms with Gasteiger partial charge in [-0.25, -0.2) is 9.18 Å². The van der Waals surface area contributed by atoms with E-state index in [0.717, 1.165) is 0 Å². The molecule has 0 saturated carbocycles. The molecular formula is C18H16FN3O3. The van der Waals surface area contributed by atoms with Crippen molar-refractivity contribution in [2.24, 2.45) is 0 Å². The van der Waals surface area contributed by atoms with E-state index in [1.807, 2.05) is 0 Å². The van der Waals surface area contributed by atoms with E-state index < -0.39 is 6.10 Å². The van der Waals surface area contributed by atoms with Crippen LogP contribution in [0.4, 0.5) is 4.39 Å². The van der Waals surface area contributed by atoms with E-state index >= 15 is 0 Å². The molecule has 1 aromatic heterocycles. The van der Waals surface area contributed by atoms with E-state index in [4.69, 9.17) is 0 Å². The number of nitrogens with one attached hydrogen (secondary N) is 2. The lowest BCUT2D eigenvalue weighted by Crippen LogP contribution is -2.31. The molecule has 1 aliphatic rings. The number of fused-ring (bicyclic) bond motifs is 1. The number of hydrogen-bond donors (Lipinski definition) is 3. The van der Waals surface area contributed by atoms with Gasteiger partial charge in [-0.3, -0.25) is 4.79 Å². The zero-order valence-corrected chi connectivity index (χ0v) is 13.2. The summed E-state index contributed by atoms with van der Waals surface area (Å²) in [4.78, 5) is 31.1. The number of benzene rings is 2. The number of aromatic amines is 2. The molecule has 1 aliphatic heterocycles. The van der Waals surface area contributed by atoms with Gasteiger partial charge in [-0.05, 0) is 42.3 Å². The highest BCUT2D eigenvalue weighted by Crippen LogP contribution is 2.33. The molecule has 128 valence electrons. The minimum absolute atomic E-state index is 0.182. The van der Waals surface area contributed by atoms with Crippen molar-refractivity contribution in [3.05, 3.63) is 69.9 Å². The maximum absolute atomic E-state index is 13.5. The van der Waals surface area contributed by atoms with E-state index in [0.29, 0.717) is 28.6 Å². The fourth-order valence-corrected chi connectivity index (χ4v) is 3.40. The molecule has 2 unspecified atom stereocenters. The first kappa shape index (κ1) is 15.6. The van der Waals surface area contributed by atoms with E-state index in [-0.39, 0.29) is 30.0 Å². The fraction of sp³-hybridized carbons (Fsp3) is 0.222. The molecule has 6 nitrogen and oxygen atoms in total. The number of nitrogens with zero attached hydrogens (tertiary/aromatic N) is 1. The Kier molecular flexibility index (Phi) is 3.65. The first-order chi connectivity index (χ1) is 12.0.